The Kier molecular flexibility index (Phi) is 8.44. The Morgan fingerprint density at radius 3 is 2.28 bits per heavy atom. The standard InChI is InChI=1S/C31H39N5/c1-23-24(2)31(25(3)30-10-6-5-9-29(23)30)34-15-7-8-26-11-13-28(14-12-26)36-18-16-35(17-19-36)22-27(20-32)21-33-4/h5-6,9-14,20-21,32-34H,1,3,7-8,15-19,22H2,2,4H3/b27-21+,32-20?. The number of piperazine rings is 1. The number of nitrogens with one attached hydrogen (secondary N) is 3. The van der Waals surface area contributed by atoms with Gasteiger partial charge in [0.25, 0.3) is 0 Å². The molecular weight excluding hydrogens is 442 g/mol. The Hall–Kier alpha value is -3.57. The highest BCUT2D eigenvalue weighted by Gasteiger charge is 2.17. The Bertz CT molecular complexity index is 1320. The van der Waals surface area contributed by atoms with Crippen LogP contribution in [0.2, 0.25) is 0 Å². The van der Waals surface area contributed by atoms with Gasteiger partial charge in [0.15, 0.2) is 0 Å². The van der Waals surface area contributed by atoms with E-state index in [1.165, 1.54) is 33.8 Å². The monoisotopic (exact) mass is 481 g/mol. The Morgan fingerprint density at radius 1 is 0.972 bits per heavy atom. The van der Waals surface area contributed by atoms with Crippen molar-refractivity contribution in [2.45, 2.75) is 19.8 Å². The summed E-state index contributed by atoms with van der Waals surface area (Å²) < 4.78 is 0. The zero-order valence-electron chi connectivity index (χ0n) is 21.7. The second-order valence-corrected chi connectivity index (χ2v) is 9.61. The first-order valence-corrected chi connectivity index (χ1v) is 12.9. The van der Waals surface area contributed by atoms with Crippen LogP contribution < -0.4 is 26.0 Å². The van der Waals surface area contributed by atoms with Crippen molar-refractivity contribution >= 4 is 41.5 Å². The molecule has 5 nitrogen and oxygen atoms in total. The maximum Gasteiger partial charge on any atom is 0.0449 e. The molecule has 0 amide bonds. The van der Waals surface area contributed by atoms with Crippen LogP contribution in [0.5, 0.6) is 0 Å². The maximum absolute atomic E-state index is 7.56. The van der Waals surface area contributed by atoms with Crippen LogP contribution in [0.3, 0.4) is 0 Å². The number of hydrogen-bond donors (Lipinski definition) is 3. The summed E-state index contributed by atoms with van der Waals surface area (Å²) in [7, 11) is 1.88. The predicted octanol–water partition coefficient (Wildman–Crippen LogP) is 3.89. The highest BCUT2D eigenvalue weighted by molar-refractivity contribution is 5.88. The molecule has 0 atom stereocenters. The van der Waals surface area contributed by atoms with Gasteiger partial charge in [-0.15, -0.1) is 0 Å². The summed E-state index contributed by atoms with van der Waals surface area (Å²) in [5.74, 6) is 0. The van der Waals surface area contributed by atoms with E-state index >= 15 is 0 Å². The zero-order valence-corrected chi connectivity index (χ0v) is 21.7. The summed E-state index contributed by atoms with van der Waals surface area (Å²) in [5.41, 5.74) is 6.00. The van der Waals surface area contributed by atoms with E-state index in [1.807, 2.05) is 13.2 Å². The average Bonchev–Trinajstić information content (AvgIpc) is 2.92. The Balaban J connectivity index is 1.27. The van der Waals surface area contributed by atoms with Gasteiger partial charge < -0.3 is 20.9 Å². The minimum Gasteiger partial charge on any atom is -0.394 e. The largest absolute Gasteiger partial charge is 0.394 e. The first-order valence-electron chi connectivity index (χ1n) is 12.9. The van der Waals surface area contributed by atoms with E-state index in [1.54, 1.807) is 0 Å². The van der Waals surface area contributed by atoms with Crippen LogP contribution in [-0.2, 0) is 6.42 Å². The maximum atomic E-state index is 7.56. The summed E-state index contributed by atoms with van der Waals surface area (Å²) in [6, 6.07) is 17.5. The predicted molar refractivity (Wildman–Crippen MR) is 157 cm³/mol. The normalized spacial score (nSPS) is 14.7. The lowest BCUT2D eigenvalue weighted by Gasteiger charge is -2.36. The summed E-state index contributed by atoms with van der Waals surface area (Å²) in [5, 5.41) is 18.7. The fourth-order valence-electron chi connectivity index (χ4n) is 5.08. The second-order valence-electron chi connectivity index (χ2n) is 9.61. The topological polar surface area (TPSA) is 54.4 Å². The van der Waals surface area contributed by atoms with Crippen molar-refractivity contribution in [3.05, 3.63) is 81.9 Å². The van der Waals surface area contributed by atoms with Gasteiger partial charge >= 0.3 is 0 Å². The molecule has 1 aliphatic heterocycles. The van der Waals surface area contributed by atoms with Gasteiger partial charge in [0.1, 0.15) is 0 Å². The van der Waals surface area contributed by atoms with Gasteiger partial charge in [-0.2, -0.15) is 0 Å². The summed E-state index contributed by atoms with van der Waals surface area (Å²) in [4.78, 5) is 4.88. The van der Waals surface area contributed by atoms with E-state index in [-0.39, 0.29) is 0 Å². The molecule has 3 aromatic carbocycles. The molecule has 1 heterocycles. The lowest BCUT2D eigenvalue weighted by Crippen LogP contribution is -2.47. The first kappa shape index (κ1) is 25.5. The Labute approximate surface area is 215 Å². The van der Waals surface area contributed by atoms with Crippen LogP contribution >= 0.6 is 0 Å². The van der Waals surface area contributed by atoms with Crippen molar-refractivity contribution in [1.29, 1.82) is 5.41 Å². The third kappa shape index (κ3) is 5.80. The second kappa shape index (κ2) is 11.9. The quantitative estimate of drug-likeness (QED) is 0.304. The molecule has 3 N–H and O–H groups in total. The third-order valence-electron chi connectivity index (χ3n) is 7.25. The minimum absolute atomic E-state index is 0.829. The van der Waals surface area contributed by atoms with Gasteiger partial charge in [-0.05, 0) is 69.8 Å². The van der Waals surface area contributed by atoms with Crippen LogP contribution in [0.4, 0.5) is 11.4 Å². The Morgan fingerprint density at radius 2 is 1.64 bits per heavy atom. The van der Waals surface area contributed by atoms with E-state index in [9.17, 15) is 0 Å². The van der Waals surface area contributed by atoms with Crippen molar-refractivity contribution in [2.24, 2.45) is 0 Å². The number of anilines is 2. The molecule has 0 radical (unpaired) electrons. The van der Waals surface area contributed by atoms with E-state index < -0.39 is 0 Å². The van der Waals surface area contributed by atoms with E-state index in [2.05, 4.69) is 89.0 Å². The van der Waals surface area contributed by atoms with E-state index in [0.29, 0.717) is 0 Å². The van der Waals surface area contributed by atoms with Gasteiger partial charge in [0, 0.05) is 70.1 Å². The molecule has 0 bridgehead atoms. The molecule has 1 fully saturated rings. The van der Waals surface area contributed by atoms with E-state index in [4.69, 9.17) is 5.41 Å². The van der Waals surface area contributed by atoms with Gasteiger partial charge in [0.05, 0.1) is 0 Å². The molecule has 0 spiro atoms. The third-order valence-corrected chi connectivity index (χ3v) is 7.25. The average molecular weight is 482 g/mol. The SMILES string of the molecule is C=c1c(C)c(NCCCc2ccc(N3CCN(C/C(C=N)=C/NC)CC3)cc2)c(=C)c2ccccc12. The first-order chi connectivity index (χ1) is 17.5. The minimum atomic E-state index is 0.829. The molecule has 1 aliphatic rings. The van der Waals surface area contributed by atoms with Crippen LogP contribution in [0.25, 0.3) is 23.9 Å². The lowest BCUT2D eigenvalue weighted by molar-refractivity contribution is 0.281. The van der Waals surface area contributed by atoms with Gasteiger partial charge in [0.2, 0.25) is 0 Å². The number of nitrogens with zero attached hydrogens (tertiary/aromatic N) is 2. The van der Waals surface area contributed by atoms with Crippen molar-refractivity contribution in [3.63, 3.8) is 0 Å². The summed E-state index contributed by atoms with van der Waals surface area (Å²) in [6.45, 7) is 16.6. The highest BCUT2D eigenvalue weighted by atomic mass is 15.3. The summed E-state index contributed by atoms with van der Waals surface area (Å²) in [6.07, 6.45) is 5.45. The summed E-state index contributed by atoms with van der Waals surface area (Å²) >= 11 is 0. The molecule has 0 unspecified atom stereocenters. The molecule has 0 aromatic heterocycles. The van der Waals surface area contributed by atoms with Crippen molar-refractivity contribution in [1.82, 2.24) is 10.2 Å². The molecule has 1 saturated heterocycles. The van der Waals surface area contributed by atoms with Crippen molar-refractivity contribution in [2.75, 3.05) is 56.5 Å². The smallest absolute Gasteiger partial charge is 0.0449 e. The van der Waals surface area contributed by atoms with Crippen LogP contribution in [0.15, 0.2) is 60.3 Å². The molecule has 0 saturated carbocycles. The number of rotatable bonds is 10. The zero-order chi connectivity index (χ0) is 25.5. The fourth-order valence-corrected chi connectivity index (χ4v) is 5.08. The molecule has 3 aromatic rings. The number of hydrogen-bond acceptors (Lipinski definition) is 5. The molecule has 4 rings (SSSR count). The molecule has 5 heteroatoms. The number of fused-ring (bicyclic) bond motifs is 1. The number of aryl methyl sites for hydroxylation is 1. The van der Waals surface area contributed by atoms with Gasteiger partial charge in [-0.1, -0.05) is 49.6 Å². The fraction of sp³-hybridized carbons (Fsp3) is 0.323. The van der Waals surface area contributed by atoms with Crippen molar-refractivity contribution < 1.29 is 0 Å². The molecule has 188 valence electrons. The van der Waals surface area contributed by atoms with Crippen LogP contribution in [-0.4, -0.2) is 57.4 Å². The highest BCUT2D eigenvalue weighted by Crippen LogP contribution is 2.19. The molecule has 0 aliphatic carbocycles. The molecular formula is C31H39N5. The van der Waals surface area contributed by atoms with E-state index in [0.717, 1.165) is 73.8 Å². The van der Waals surface area contributed by atoms with Crippen LogP contribution in [0, 0.1) is 12.3 Å². The lowest BCUT2D eigenvalue weighted by atomic mass is 10.0. The van der Waals surface area contributed by atoms with Crippen LogP contribution in [0.1, 0.15) is 17.5 Å². The van der Waals surface area contributed by atoms with Crippen molar-refractivity contribution in [3.8, 4) is 0 Å². The number of benzene rings is 3. The van der Waals surface area contributed by atoms with Gasteiger partial charge in [-0.3, -0.25) is 4.90 Å². The van der Waals surface area contributed by atoms with Gasteiger partial charge in [-0.25, -0.2) is 0 Å². The molecule has 36 heavy (non-hydrogen) atoms.